The van der Waals surface area contributed by atoms with E-state index < -0.39 is 60.2 Å². The molecule has 9 N–H and O–H groups in total. The van der Waals surface area contributed by atoms with E-state index in [4.69, 9.17) is 5.73 Å². The first-order chi connectivity index (χ1) is 19.5. The van der Waals surface area contributed by atoms with Gasteiger partial charge in [0.25, 0.3) is 0 Å². The van der Waals surface area contributed by atoms with E-state index >= 15 is 0 Å². The Morgan fingerprint density at radius 1 is 0.829 bits per heavy atom. The largest absolute Gasteiger partial charge is 0.508 e. The minimum atomic E-state index is -1.58. The first-order valence-electron chi connectivity index (χ1n) is 12.5. The molecule has 2 aromatic carbocycles. The minimum absolute atomic E-state index is 0.0281. The molecule has 13 nitrogen and oxygen atoms in total. The predicted molar refractivity (Wildman–Crippen MR) is 151 cm³/mol. The fraction of sp³-hybridized carbons (Fsp3) is 0.296. The van der Waals surface area contributed by atoms with Gasteiger partial charge in [0.05, 0.1) is 12.5 Å². The van der Waals surface area contributed by atoms with E-state index in [0.717, 1.165) is 10.9 Å². The van der Waals surface area contributed by atoms with Gasteiger partial charge in [-0.25, -0.2) is 4.79 Å². The molecule has 4 atom stereocenters. The monoisotopic (exact) mass is 585 g/mol. The third-order valence-corrected chi connectivity index (χ3v) is 6.63. The van der Waals surface area contributed by atoms with Crippen LogP contribution in [0, 0.1) is 0 Å². The second kappa shape index (κ2) is 14.2. The summed E-state index contributed by atoms with van der Waals surface area (Å²) in [6.07, 6.45) is 0.843. The van der Waals surface area contributed by atoms with Gasteiger partial charge in [-0.05, 0) is 35.7 Å². The number of hydrogen-bond acceptors (Lipinski definition) is 8. The van der Waals surface area contributed by atoms with E-state index in [1.165, 1.54) is 12.1 Å². The van der Waals surface area contributed by atoms with Crippen molar-refractivity contribution in [3.8, 4) is 5.75 Å². The van der Waals surface area contributed by atoms with Crippen LogP contribution in [0.3, 0.4) is 0 Å². The molecule has 0 saturated carbocycles. The number of nitrogens with one attached hydrogen (secondary N) is 4. The number of aromatic hydroxyl groups is 1. The maximum absolute atomic E-state index is 12.9. The summed E-state index contributed by atoms with van der Waals surface area (Å²) in [6.45, 7) is 0. The molecule has 0 fully saturated rings. The molecule has 0 aliphatic heterocycles. The molecule has 0 saturated heterocycles. The van der Waals surface area contributed by atoms with Gasteiger partial charge in [0, 0.05) is 29.3 Å². The Morgan fingerprint density at radius 3 is 2.07 bits per heavy atom. The van der Waals surface area contributed by atoms with Gasteiger partial charge >= 0.3 is 11.9 Å². The number of rotatable bonds is 14. The summed E-state index contributed by atoms with van der Waals surface area (Å²) >= 11 is 4.08. The van der Waals surface area contributed by atoms with Crippen LogP contribution >= 0.6 is 12.6 Å². The molecule has 0 radical (unpaired) electrons. The van der Waals surface area contributed by atoms with Crippen LogP contribution in [0.4, 0.5) is 0 Å². The van der Waals surface area contributed by atoms with Crippen molar-refractivity contribution in [3.63, 3.8) is 0 Å². The Balaban J connectivity index is 1.65. The highest BCUT2D eigenvalue weighted by Gasteiger charge is 2.31. The molecule has 3 aromatic rings. The molecule has 0 bridgehead atoms. The zero-order valence-corrected chi connectivity index (χ0v) is 22.6. The summed E-state index contributed by atoms with van der Waals surface area (Å²) in [6, 6.07) is 7.80. The Labute approximate surface area is 239 Å². The Bertz CT molecular complexity index is 1410. The van der Waals surface area contributed by atoms with Crippen molar-refractivity contribution in [2.45, 2.75) is 43.4 Å². The number of para-hydroxylation sites is 1. The number of hydrogen-bond donors (Lipinski definition) is 9. The maximum Gasteiger partial charge on any atom is 0.326 e. The Morgan fingerprint density at radius 2 is 1.44 bits per heavy atom. The molecular formula is C27H31N5O8S. The van der Waals surface area contributed by atoms with Crippen molar-refractivity contribution in [1.82, 2.24) is 20.9 Å². The van der Waals surface area contributed by atoms with Crippen LogP contribution in [-0.4, -0.2) is 79.9 Å². The van der Waals surface area contributed by atoms with Crippen molar-refractivity contribution in [2.75, 3.05) is 5.75 Å². The van der Waals surface area contributed by atoms with E-state index in [0.29, 0.717) is 11.1 Å². The van der Waals surface area contributed by atoms with E-state index in [2.05, 4.69) is 33.6 Å². The molecule has 218 valence electrons. The standard InChI is InChI=1S/C27H31N5O8S/c28-18(9-14-5-7-16(33)8-6-14)24(36)30-20(11-23(34)35)25(37)32-22(13-41)26(38)31-21(27(39)40)10-15-12-29-19-4-2-1-3-17(15)19/h1-8,12,18,20-22,29,33,41H,9-11,13,28H2,(H,30,36)(H,31,38)(H,32,37)(H,34,35)(H,39,40). The summed E-state index contributed by atoms with van der Waals surface area (Å²) in [5.41, 5.74) is 8.01. The van der Waals surface area contributed by atoms with Gasteiger partial charge in [0.1, 0.15) is 23.9 Å². The number of phenolic OH excluding ortho intramolecular Hbond substituents is 1. The molecule has 3 rings (SSSR count). The summed E-state index contributed by atoms with van der Waals surface area (Å²) in [5, 5.41) is 36.2. The lowest BCUT2D eigenvalue weighted by Crippen LogP contribution is -2.58. The van der Waals surface area contributed by atoms with Gasteiger partial charge in [0.15, 0.2) is 0 Å². The number of nitrogens with two attached hydrogens (primary N) is 1. The quantitative estimate of drug-likeness (QED) is 0.115. The number of H-pyrrole nitrogens is 1. The number of fused-ring (bicyclic) bond motifs is 1. The van der Waals surface area contributed by atoms with Crippen LogP contribution in [-0.2, 0) is 36.8 Å². The number of thiol groups is 1. The molecule has 4 unspecified atom stereocenters. The SMILES string of the molecule is NC(Cc1ccc(O)cc1)C(=O)NC(CC(=O)O)C(=O)NC(CS)C(=O)NC(Cc1c[nH]c2ccccc12)C(=O)O. The summed E-state index contributed by atoms with van der Waals surface area (Å²) in [7, 11) is 0. The number of aromatic nitrogens is 1. The Kier molecular flexibility index (Phi) is 10.7. The molecule has 0 aliphatic carbocycles. The summed E-state index contributed by atoms with van der Waals surface area (Å²) < 4.78 is 0. The lowest BCUT2D eigenvalue weighted by Gasteiger charge is -2.24. The van der Waals surface area contributed by atoms with Crippen LogP contribution < -0.4 is 21.7 Å². The zero-order chi connectivity index (χ0) is 30.1. The highest BCUT2D eigenvalue weighted by Crippen LogP contribution is 2.19. The van der Waals surface area contributed by atoms with Crippen molar-refractivity contribution in [3.05, 3.63) is 65.9 Å². The second-order valence-corrected chi connectivity index (χ2v) is 9.71. The number of aliphatic carboxylic acids is 2. The van der Waals surface area contributed by atoms with Crippen molar-refractivity contribution in [2.24, 2.45) is 5.73 Å². The first-order valence-corrected chi connectivity index (χ1v) is 13.2. The third kappa shape index (κ3) is 8.71. The van der Waals surface area contributed by atoms with E-state index in [-0.39, 0.29) is 24.3 Å². The number of phenols is 1. The number of carboxylic acids is 2. The van der Waals surface area contributed by atoms with Crippen LogP contribution in [0.25, 0.3) is 10.9 Å². The smallest absolute Gasteiger partial charge is 0.326 e. The topological polar surface area (TPSA) is 224 Å². The normalized spacial score (nSPS) is 13.9. The molecule has 0 spiro atoms. The van der Waals surface area contributed by atoms with Crippen LogP contribution in [0.15, 0.2) is 54.7 Å². The predicted octanol–water partition coefficient (Wildman–Crippen LogP) is -0.0705. The fourth-order valence-corrected chi connectivity index (χ4v) is 4.36. The molecular weight excluding hydrogens is 554 g/mol. The number of aromatic amines is 1. The maximum atomic E-state index is 12.9. The average molecular weight is 586 g/mol. The van der Waals surface area contributed by atoms with Crippen LogP contribution in [0.1, 0.15) is 17.5 Å². The van der Waals surface area contributed by atoms with Gasteiger partial charge in [-0.1, -0.05) is 30.3 Å². The molecule has 1 aromatic heterocycles. The number of carbonyl (C=O) groups is 5. The van der Waals surface area contributed by atoms with Crippen molar-refractivity contribution in [1.29, 1.82) is 0 Å². The summed E-state index contributed by atoms with van der Waals surface area (Å²) in [5.74, 6) is -5.57. The number of carboxylic acid groups (broad SMARTS) is 2. The average Bonchev–Trinajstić information content (AvgIpc) is 3.34. The van der Waals surface area contributed by atoms with Gasteiger partial charge < -0.3 is 42.0 Å². The van der Waals surface area contributed by atoms with Crippen molar-refractivity contribution < 1.29 is 39.3 Å². The zero-order valence-electron chi connectivity index (χ0n) is 21.7. The number of amides is 3. The molecule has 41 heavy (non-hydrogen) atoms. The van der Waals surface area contributed by atoms with Gasteiger partial charge in [-0.2, -0.15) is 12.6 Å². The molecule has 3 amide bonds. The second-order valence-electron chi connectivity index (χ2n) is 9.34. The number of carbonyl (C=O) groups excluding carboxylic acids is 3. The fourth-order valence-electron chi connectivity index (χ4n) is 4.10. The first kappa shape index (κ1) is 31.0. The van der Waals surface area contributed by atoms with E-state index in [1.54, 1.807) is 24.4 Å². The highest BCUT2D eigenvalue weighted by molar-refractivity contribution is 7.80. The van der Waals surface area contributed by atoms with Gasteiger partial charge in [-0.15, -0.1) is 0 Å². The van der Waals surface area contributed by atoms with E-state index in [1.807, 2.05) is 18.2 Å². The molecule has 14 heteroatoms. The molecule has 0 aliphatic rings. The van der Waals surface area contributed by atoms with Gasteiger partial charge in [-0.3, -0.25) is 19.2 Å². The lowest BCUT2D eigenvalue weighted by molar-refractivity contribution is -0.143. The highest BCUT2D eigenvalue weighted by atomic mass is 32.1. The van der Waals surface area contributed by atoms with Crippen LogP contribution in [0.2, 0.25) is 0 Å². The lowest BCUT2D eigenvalue weighted by atomic mass is 10.0. The number of benzene rings is 2. The third-order valence-electron chi connectivity index (χ3n) is 6.27. The van der Waals surface area contributed by atoms with E-state index in [9.17, 15) is 39.3 Å². The summed E-state index contributed by atoms with van der Waals surface area (Å²) in [4.78, 5) is 64.9. The van der Waals surface area contributed by atoms with Crippen molar-refractivity contribution >= 4 is 53.2 Å². The Hall–Kier alpha value is -4.56. The van der Waals surface area contributed by atoms with Gasteiger partial charge in [0.2, 0.25) is 17.7 Å². The molecule has 1 heterocycles. The minimum Gasteiger partial charge on any atom is -0.508 e. The van der Waals surface area contributed by atoms with Crippen LogP contribution in [0.5, 0.6) is 5.75 Å².